The molecule has 0 unspecified atom stereocenters. The third kappa shape index (κ3) is 4.73. The van der Waals surface area contributed by atoms with E-state index < -0.39 is 0 Å². The second-order valence-electron chi connectivity index (χ2n) is 3.33. The van der Waals surface area contributed by atoms with Crippen LogP contribution in [-0.2, 0) is 0 Å². The maximum atomic E-state index is 11.6. The summed E-state index contributed by atoms with van der Waals surface area (Å²) >= 11 is 0. The Morgan fingerprint density at radius 3 is 2.50 bits per heavy atom. The van der Waals surface area contributed by atoms with Crippen molar-refractivity contribution in [3.05, 3.63) is 41.9 Å². The van der Waals surface area contributed by atoms with E-state index in [4.69, 9.17) is 0 Å². The fourth-order valence-corrected chi connectivity index (χ4v) is 1.03. The van der Waals surface area contributed by atoms with Gasteiger partial charge in [-0.05, 0) is 18.6 Å². The molecule has 1 aromatic heterocycles. The van der Waals surface area contributed by atoms with Crippen LogP contribution in [-0.4, -0.2) is 29.8 Å². The maximum absolute atomic E-state index is 11.6. The van der Waals surface area contributed by atoms with Gasteiger partial charge in [0.15, 0.2) is 5.78 Å². The third-order valence-electron chi connectivity index (χ3n) is 1.83. The molecule has 88 valence electrons. The van der Waals surface area contributed by atoms with Gasteiger partial charge in [0.2, 0.25) is 0 Å². The van der Waals surface area contributed by atoms with Crippen LogP contribution in [0.3, 0.4) is 0 Å². The average molecular weight is 220 g/mol. The highest BCUT2D eigenvalue weighted by atomic mass is 16.1. The molecule has 0 atom stereocenters. The van der Waals surface area contributed by atoms with Crippen molar-refractivity contribution >= 4 is 5.78 Å². The van der Waals surface area contributed by atoms with Gasteiger partial charge in [0, 0.05) is 44.3 Å². The zero-order valence-corrected chi connectivity index (χ0v) is 10.7. The molecule has 0 amide bonds. The SMILES string of the molecule is CC.Cc1ccncc1C(=O)/C=C/N(C)C. The largest absolute Gasteiger partial charge is 0.383 e. The van der Waals surface area contributed by atoms with Crippen LogP contribution in [0.1, 0.15) is 29.8 Å². The number of ketones is 1. The van der Waals surface area contributed by atoms with Crippen molar-refractivity contribution in [2.45, 2.75) is 20.8 Å². The Morgan fingerprint density at radius 1 is 1.38 bits per heavy atom. The van der Waals surface area contributed by atoms with Crippen LogP contribution in [0.15, 0.2) is 30.7 Å². The van der Waals surface area contributed by atoms with Crippen LogP contribution in [0.5, 0.6) is 0 Å². The summed E-state index contributed by atoms with van der Waals surface area (Å²) in [4.78, 5) is 17.4. The monoisotopic (exact) mass is 220 g/mol. The molecular formula is C13H20N2O. The van der Waals surface area contributed by atoms with E-state index in [1.54, 1.807) is 24.7 Å². The summed E-state index contributed by atoms with van der Waals surface area (Å²) in [6.07, 6.45) is 6.55. The van der Waals surface area contributed by atoms with E-state index in [1.165, 1.54) is 0 Å². The molecule has 0 bridgehead atoms. The quantitative estimate of drug-likeness (QED) is 0.580. The summed E-state index contributed by atoms with van der Waals surface area (Å²) in [5.74, 6) is -0.00991. The Morgan fingerprint density at radius 2 is 2.00 bits per heavy atom. The third-order valence-corrected chi connectivity index (χ3v) is 1.83. The molecule has 0 radical (unpaired) electrons. The minimum absolute atomic E-state index is 0.00991. The van der Waals surface area contributed by atoms with Gasteiger partial charge in [-0.15, -0.1) is 0 Å². The van der Waals surface area contributed by atoms with Crippen molar-refractivity contribution in [3.63, 3.8) is 0 Å². The lowest BCUT2D eigenvalue weighted by Gasteiger charge is -2.03. The van der Waals surface area contributed by atoms with Crippen LogP contribution in [0.2, 0.25) is 0 Å². The van der Waals surface area contributed by atoms with Crippen molar-refractivity contribution in [2.24, 2.45) is 0 Å². The molecule has 1 heterocycles. The van der Waals surface area contributed by atoms with Gasteiger partial charge in [0.1, 0.15) is 0 Å². The first-order chi connectivity index (χ1) is 7.61. The zero-order chi connectivity index (χ0) is 12.6. The molecule has 1 rings (SSSR count). The van der Waals surface area contributed by atoms with E-state index in [-0.39, 0.29) is 5.78 Å². The van der Waals surface area contributed by atoms with E-state index in [0.29, 0.717) is 5.56 Å². The van der Waals surface area contributed by atoms with Gasteiger partial charge in [-0.1, -0.05) is 13.8 Å². The highest BCUT2D eigenvalue weighted by Gasteiger charge is 2.04. The lowest BCUT2D eigenvalue weighted by atomic mass is 10.1. The van der Waals surface area contributed by atoms with Crippen LogP contribution in [0.25, 0.3) is 0 Å². The van der Waals surface area contributed by atoms with Crippen molar-refractivity contribution in [2.75, 3.05) is 14.1 Å². The number of pyridine rings is 1. The summed E-state index contributed by atoms with van der Waals surface area (Å²) in [6.45, 7) is 5.90. The summed E-state index contributed by atoms with van der Waals surface area (Å²) in [5, 5.41) is 0. The summed E-state index contributed by atoms with van der Waals surface area (Å²) in [6, 6.07) is 1.83. The first kappa shape index (κ1) is 14.4. The molecule has 0 aliphatic rings. The number of carbonyl (C=O) groups excluding carboxylic acids is 1. The number of carbonyl (C=O) groups is 1. The van der Waals surface area contributed by atoms with Gasteiger partial charge in [0.25, 0.3) is 0 Å². The molecule has 0 fully saturated rings. The fraction of sp³-hybridized carbons (Fsp3) is 0.385. The van der Waals surface area contributed by atoms with Crippen LogP contribution in [0, 0.1) is 6.92 Å². The van der Waals surface area contributed by atoms with E-state index >= 15 is 0 Å². The number of rotatable bonds is 3. The number of hydrogen-bond acceptors (Lipinski definition) is 3. The zero-order valence-electron chi connectivity index (χ0n) is 10.7. The predicted octanol–water partition coefficient (Wildman–Crippen LogP) is 2.67. The molecule has 3 nitrogen and oxygen atoms in total. The molecule has 0 N–H and O–H groups in total. The normalized spacial score (nSPS) is 9.56. The Balaban J connectivity index is 0.00000106. The molecule has 0 saturated heterocycles. The fourth-order valence-electron chi connectivity index (χ4n) is 1.03. The van der Waals surface area contributed by atoms with E-state index in [1.807, 2.05) is 45.8 Å². The standard InChI is InChI=1S/C11H14N2O.C2H6/c1-9-4-6-12-8-10(9)11(14)5-7-13(2)3;1-2/h4-8H,1-3H3;1-2H3/b7-5+;. The van der Waals surface area contributed by atoms with Gasteiger partial charge in [-0.25, -0.2) is 0 Å². The van der Waals surface area contributed by atoms with Crippen molar-refractivity contribution in [1.29, 1.82) is 0 Å². The van der Waals surface area contributed by atoms with Gasteiger partial charge >= 0.3 is 0 Å². The smallest absolute Gasteiger partial charge is 0.189 e. The summed E-state index contributed by atoms with van der Waals surface area (Å²) in [7, 11) is 3.75. The van der Waals surface area contributed by atoms with Crippen LogP contribution >= 0.6 is 0 Å². The van der Waals surface area contributed by atoms with Gasteiger partial charge in [-0.2, -0.15) is 0 Å². The van der Waals surface area contributed by atoms with Crippen LogP contribution < -0.4 is 0 Å². The Kier molecular flexibility index (Phi) is 6.84. The lowest BCUT2D eigenvalue weighted by molar-refractivity contribution is 0.104. The molecule has 1 aromatic rings. The second-order valence-corrected chi connectivity index (χ2v) is 3.33. The molecule has 3 heteroatoms. The molecule has 0 spiro atoms. The number of allylic oxidation sites excluding steroid dienone is 1. The molecule has 0 aromatic carbocycles. The molecule has 0 aliphatic carbocycles. The summed E-state index contributed by atoms with van der Waals surface area (Å²) in [5.41, 5.74) is 1.61. The number of aromatic nitrogens is 1. The molecular weight excluding hydrogens is 200 g/mol. The lowest BCUT2D eigenvalue weighted by Crippen LogP contribution is -2.04. The van der Waals surface area contributed by atoms with E-state index in [9.17, 15) is 4.79 Å². The average Bonchev–Trinajstić information content (AvgIpc) is 2.29. The van der Waals surface area contributed by atoms with Gasteiger partial charge in [-0.3, -0.25) is 9.78 Å². The van der Waals surface area contributed by atoms with Crippen molar-refractivity contribution in [3.8, 4) is 0 Å². The van der Waals surface area contributed by atoms with E-state index in [0.717, 1.165) is 5.56 Å². The highest BCUT2D eigenvalue weighted by molar-refractivity contribution is 6.05. The minimum Gasteiger partial charge on any atom is -0.383 e. The highest BCUT2D eigenvalue weighted by Crippen LogP contribution is 2.06. The number of nitrogens with zero attached hydrogens (tertiary/aromatic N) is 2. The first-order valence-electron chi connectivity index (χ1n) is 5.41. The van der Waals surface area contributed by atoms with Gasteiger partial charge in [0.05, 0.1) is 0 Å². The number of aryl methyl sites for hydroxylation is 1. The van der Waals surface area contributed by atoms with E-state index in [2.05, 4.69) is 4.98 Å². The summed E-state index contributed by atoms with van der Waals surface area (Å²) < 4.78 is 0. The Bertz CT molecular complexity index is 357. The second kappa shape index (κ2) is 7.63. The Hall–Kier alpha value is -1.64. The van der Waals surface area contributed by atoms with Crippen LogP contribution in [0.4, 0.5) is 0 Å². The number of hydrogen-bond donors (Lipinski definition) is 0. The molecule has 16 heavy (non-hydrogen) atoms. The first-order valence-corrected chi connectivity index (χ1v) is 5.41. The topological polar surface area (TPSA) is 33.2 Å². The Labute approximate surface area is 97.8 Å². The molecule has 0 saturated carbocycles. The van der Waals surface area contributed by atoms with Crippen molar-refractivity contribution < 1.29 is 4.79 Å². The van der Waals surface area contributed by atoms with Gasteiger partial charge < -0.3 is 4.90 Å². The maximum Gasteiger partial charge on any atom is 0.189 e. The molecule has 0 aliphatic heterocycles. The van der Waals surface area contributed by atoms with Crippen molar-refractivity contribution in [1.82, 2.24) is 9.88 Å². The minimum atomic E-state index is -0.00991. The predicted molar refractivity (Wildman–Crippen MR) is 67.5 cm³/mol.